The number of aromatic nitrogens is 4. The Labute approximate surface area is 116 Å². The number of hydrogen-bond acceptors (Lipinski definition) is 5. The van der Waals surface area contributed by atoms with E-state index in [4.69, 9.17) is 0 Å². The van der Waals surface area contributed by atoms with Crippen LogP contribution in [0.4, 0.5) is 0 Å². The molecule has 5 nitrogen and oxygen atoms in total. The van der Waals surface area contributed by atoms with Crippen molar-refractivity contribution in [3.63, 3.8) is 0 Å². The van der Waals surface area contributed by atoms with E-state index >= 15 is 0 Å². The number of nitrogens with zero attached hydrogens (tertiary/aromatic N) is 4. The molecule has 0 bridgehead atoms. The van der Waals surface area contributed by atoms with Crippen molar-refractivity contribution in [2.45, 2.75) is 39.8 Å². The van der Waals surface area contributed by atoms with E-state index in [1.807, 2.05) is 45.1 Å². The summed E-state index contributed by atoms with van der Waals surface area (Å²) in [4.78, 5) is 16.3. The minimum atomic E-state index is -0.322. The van der Waals surface area contributed by atoms with Crippen molar-refractivity contribution in [3.8, 4) is 0 Å². The molecule has 2 aromatic heterocycles. The van der Waals surface area contributed by atoms with Gasteiger partial charge in [0.2, 0.25) is 0 Å². The molecule has 0 aromatic carbocycles. The topological polar surface area (TPSA) is 60.2 Å². The van der Waals surface area contributed by atoms with E-state index in [-0.39, 0.29) is 11.2 Å². The van der Waals surface area contributed by atoms with Crippen molar-refractivity contribution in [2.75, 3.05) is 5.75 Å². The maximum absolute atomic E-state index is 11.9. The SMILES string of the molecule is Cc1cc(C)n2c(SCC(=O)C(C)(C)C)nnc2n1. The Hall–Kier alpha value is -1.43. The Morgan fingerprint density at radius 1 is 1.32 bits per heavy atom. The van der Waals surface area contributed by atoms with Crippen molar-refractivity contribution < 1.29 is 4.79 Å². The lowest BCUT2D eigenvalue weighted by atomic mass is 9.92. The summed E-state index contributed by atoms with van der Waals surface area (Å²) in [6.45, 7) is 9.69. The zero-order valence-electron chi connectivity index (χ0n) is 11.9. The predicted octanol–water partition coefficient (Wildman–Crippen LogP) is 2.45. The van der Waals surface area contributed by atoms with Gasteiger partial charge < -0.3 is 0 Å². The Bertz CT molecular complexity index is 627. The first-order chi connectivity index (χ1) is 8.79. The minimum absolute atomic E-state index is 0.201. The Morgan fingerprint density at radius 3 is 2.63 bits per heavy atom. The molecule has 0 atom stereocenters. The summed E-state index contributed by atoms with van der Waals surface area (Å²) in [5.74, 6) is 1.19. The van der Waals surface area contributed by atoms with Gasteiger partial charge in [0.1, 0.15) is 5.78 Å². The molecule has 0 radical (unpaired) electrons. The van der Waals surface area contributed by atoms with Crippen LogP contribution in [0.25, 0.3) is 5.78 Å². The molecule has 0 spiro atoms. The average Bonchev–Trinajstić information content (AvgIpc) is 2.67. The van der Waals surface area contributed by atoms with Gasteiger partial charge in [-0.15, -0.1) is 10.2 Å². The van der Waals surface area contributed by atoms with Crippen LogP contribution >= 0.6 is 11.8 Å². The number of hydrogen-bond donors (Lipinski definition) is 0. The van der Waals surface area contributed by atoms with E-state index in [2.05, 4.69) is 15.2 Å². The number of carbonyl (C=O) groups is 1. The van der Waals surface area contributed by atoms with Gasteiger partial charge in [-0.1, -0.05) is 32.5 Å². The second-order valence-electron chi connectivity index (χ2n) is 5.62. The predicted molar refractivity (Wildman–Crippen MR) is 75.4 cm³/mol. The third-order valence-electron chi connectivity index (χ3n) is 2.83. The number of aryl methyl sites for hydroxylation is 2. The summed E-state index contributed by atoms with van der Waals surface area (Å²) in [6, 6.07) is 1.98. The van der Waals surface area contributed by atoms with Gasteiger partial charge >= 0.3 is 0 Å². The van der Waals surface area contributed by atoms with E-state index in [0.717, 1.165) is 16.5 Å². The molecule has 0 N–H and O–H groups in total. The molecular weight excluding hydrogens is 260 g/mol. The van der Waals surface area contributed by atoms with E-state index in [0.29, 0.717) is 11.5 Å². The molecule has 19 heavy (non-hydrogen) atoms. The fraction of sp³-hybridized carbons (Fsp3) is 0.538. The second-order valence-corrected chi connectivity index (χ2v) is 6.56. The zero-order chi connectivity index (χ0) is 14.2. The van der Waals surface area contributed by atoms with Crippen molar-refractivity contribution in [2.24, 2.45) is 5.41 Å². The van der Waals surface area contributed by atoms with Crippen LogP contribution in [0, 0.1) is 19.3 Å². The Balaban J connectivity index is 2.25. The average molecular weight is 278 g/mol. The molecule has 0 saturated carbocycles. The van der Waals surface area contributed by atoms with Crippen molar-refractivity contribution in [1.82, 2.24) is 19.6 Å². The first-order valence-electron chi connectivity index (χ1n) is 6.14. The van der Waals surface area contributed by atoms with Crippen molar-refractivity contribution in [3.05, 3.63) is 17.5 Å². The molecule has 0 aliphatic carbocycles. The fourth-order valence-corrected chi connectivity index (χ4v) is 2.79. The minimum Gasteiger partial charge on any atom is -0.298 e. The van der Waals surface area contributed by atoms with Crippen LogP contribution in [0.3, 0.4) is 0 Å². The van der Waals surface area contributed by atoms with Gasteiger partial charge in [-0.3, -0.25) is 9.20 Å². The van der Waals surface area contributed by atoms with Crippen LogP contribution in [0.1, 0.15) is 32.2 Å². The van der Waals surface area contributed by atoms with Gasteiger partial charge in [0, 0.05) is 16.8 Å². The Kier molecular flexibility index (Phi) is 3.62. The lowest BCUT2D eigenvalue weighted by Gasteiger charge is -2.15. The summed E-state index contributed by atoms with van der Waals surface area (Å²) < 4.78 is 1.88. The molecule has 2 heterocycles. The third kappa shape index (κ3) is 2.94. The molecule has 2 rings (SSSR count). The quantitative estimate of drug-likeness (QED) is 0.807. The third-order valence-corrected chi connectivity index (χ3v) is 3.76. The molecule has 0 aliphatic rings. The monoisotopic (exact) mass is 278 g/mol. The van der Waals surface area contributed by atoms with Gasteiger partial charge in [0.15, 0.2) is 5.16 Å². The first kappa shape index (κ1) is 14.0. The highest BCUT2D eigenvalue weighted by atomic mass is 32.2. The molecule has 2 aromatic rings. The van der Waals surface area contributed by atoms with E-state index in [9.17, 15) is 4.79 Å². The number of ketones is 1. The van der Waals surface area contributed by atoms with Gasteiger partial charge in [0.05, 0.1) is 5.75 Å². The van der Waals surface area contributed by atoms with Crippen molar-refractivity contribution >= 4 is 23.3 Å². The highest BCUT2D eigenvalue weighted by molar-refractivity contribution is 7.99. The van der Waals surface area contributed by atoms with E-state index in [1.54, 1.807) is 0 Å². The van der Waals surface area contributed by atoms with Crippen LogP contribution in [-0.2, 0) is 4.79 Å². The van der Waals surface area contributed by atoms with Crippen LogP contribution < -0.4 is 0 Å². The molecule has 102 valence electrons. The van der Waals surface area contributed by atoms with Crippen molar-refractivity contribution in [1.29, 1.82) is 0 Å². The number of Topliss-reactive ketones (excluding diaryl/α,β-unsaturated/α-hetero) is 1. The number of fused-ring (bicyclic) bond motifs is 1. The number of thioether (sulfide) groups is 1. The van der Waals surface area contributed by atoms with Crippen LogP contribution in [0.5, 0.6) is 0 Å². The highest BCUT2D eigenvalue weighted by Crippen LogP contribution is 2.23. The van der Waals surface area contributed by atoms with Gasteiger partial charge in [-0.05, 0) is 19.9 Å². The highest BCUT2D eigenvalue weighted by Gasteiger charge is 2.22. The summed E-state index contributed by atoms with van der Waals surface area (Å²) in [6.07, 6.45) is 0. The standard InChI is InChI=1S/C13H18N4OS/c1-8-6-9(2)17-11(14-8)15-16-12(17)19-7-10(18)13(3,4)5/h6H,7H2,1-5H3. The maximum atomic E-state index is 11.9. The molecule has 0 saturated heterocycles. The Morgan fingerprint density at radius 2 is 2.00 bits per heavy atom. The van der Waals surface area contributed by atoms with E-state index < -0.39 is 0 Å². The normalized spacial score (nSPS) is 12.1. The van der Waals surface area contributed by atoms with Crippen LogP contribution in [0.2, 0.25) is 0 Å². The molecular formula is C13H18N4OS. The maximum Gasteiger partial charge on any atom is 0.256 e. The molecule has 6 heteroatoms. The molecule has 0 amide bonds. The molecule has 0 fully saturated rings. The second kappa shape index (κ2) is 4.92. The zero-order valence-corrected chi connectivity index (χ0v) is 12.7. The fourth-order valence-electron chi connectivity index (χ4n) is 1.64. The molecule has 0 unspecified atom stereocenters. The molecule has 0 aliphatic heterocycles. The van der Waals surface area contributed by atoms with E-state index in [1.165, 1.54) is 11.8 Å². The lowest BCUT2D eigenvalue weighted by Crippen LogP contribution is -2.22. The number of carbonyl (C=O) groups excluding carboxylic acids is 1. The first-order valence-corrected chi connectivity index (χ1v) is 7.13. The summed E-state index contributed by atoms with van der Waals surface area (Å²) in [5.41, 5.74) is 1.62. The summed E-state index contributed by atoms with van der Waals surface area (Å²) >= 11 is 1.41. The summed E-state index contributed by atoms with van der Waals surface area (Å²) in [7, 11) is 0. The van der Waals surface area contributed by atoms with Crippen LogP contribution in [0.15, 0.2) is 11.2 Å². The van der Waals surface area contributed by atoms with Crippen LogP contribution in [-0.4, -0.2) is 31.1 Å². The van der Waals surface area contributed by atoms with Gasteiger partial charge in [-0.2, -0.15) is 0 Å². The largest absolute Gasteiger partial charge is 0.298 e. The number of rotatable bonds is 3. The summed E-state index contributed by atoms with van der Waals surface area (Å²) in [5, 5.41) is 8.88. The van der Waals surface area contributed by atoms with Gasteiger partial charge in [-0.25, -0.2) is 4.98 Å². The smallest absolute Gasteiger partial charge is 0.256 e. The lowest BCUT2D eigenvalue weighted by molar-refractivity contribution is -0.123. The van der Waals surface area contributed by atoms with Gasteiger partial charge in [0.25, 0.3) is 5.78 Å².